The molecule has 0 atom stereocenters. The third kappa shape index (κ3) is 2.83. The first-order valence-corrected chi connectivity index (χ1v) is 7.13. The summed E-state index contributed by atoms with van der Waals surface area (Å²) in [5.41, 5.74) is 6.34. The molecular weight excluding hydrogens is 314 g/mol. The maximum absolute atomic E-state index is 9.28. The monoisotopic (exact) mass is 329 g/mol. The van der Waals surface area contributed by atoms with E-state index in [0.717, 1.165) is 38.4 Å². The van der Waals surface area contributed by atoms with Gasteiger partial charge in [-0.2, -0.15) is 5.26 Å². The van der Waals surface area contributed by atoms with Gasteiger partial charge in [0, 0.05) is 15.9 Å². The number of aryl methyl sites for hydroxylation is 4. The van der Waals surface area contributed by atoms with Gasteiger partial charge >= 0.3 is 0 Å². The Morgan fingerprint density at radius 1 is 1.10 bits per heavy atom. The van der Waals surface area contributed by atoms with Crippen LogP contribution >= 0.6 is 15.9 Å². The molecule has 20 heavy (non-hydrogen) atoms. The summed E-state index contributed by atoms with van der Waals surface area (Å²) in [7, 11) is 0. The minimum atomic E-state index is 0.592. The summed E-state index contributed by atoms with van der Waals surface area (Å²) < 4.78 is 1.12. The van der Waals surface area contributed by atoms with Crippen molar-refractivity contribution in [3.05, 3.63) is 50.8 Å². The maximum atomic E-state index is 9.28. The topological polar surface area (TPSA) is 48.7 Å². The number of aromatic nitrogens is 1. The Hall–Kier alpha value is -1.86. The molecule has 102 valence electrons. The lowest BCUT2D eigenvalue weighted by Crippen LogP contribution is -2.00. The molecular formula is C16H16BrN3. The quantitative estimate of drug-likeness (QED) is 0.869. The number of anilines is 2. The second kappa shape index (κ2) is 5.64. The number of halogens is 1. The molecule has 1 heterocycles. The Morgan fingerprint density at radius 2 is 1.70 bits per heavy atom. The minimum absolute atomic E-state index is 0.592. The van der Waals surface area contributed by atoms with E-state index in [-0.39, 0.29) is 0 Å². The van der Waals surface area contributed by atoms with E-state index in [1.807, 2.05) is 19.9 Å². The Labute approximate surface area is 127 Å². The number of nitrogens with one attached hydrogen (secondary N) is 1. The fourth-order valence-corrected chi connectivity index (χ4v) is 2.47. The lowest BCUT2D eigenvalue weighted by molar-refractivity contribution is 1.11. The van der Waals surface area contributed by atoms with Crippen molar-refractivity contribution in [2.75, 3.05) is 5.32 Å². The van der Waals surface area contributed by atoms with Crippen LogP contribution in [0.3, 0.4) is 0 Å². The minimum Gasteiger partial charge on any atom is -0.354 e. The van der Waals surface area contributed by atoms with Crippen molar-refractivity contribution in [3.8, 4) is 6.07 Å². The van der Waals surface area contributed by atoms with E-state index >= 15 is 0 Å². The Kier molecular flexibility index (Phi) is 4.10. The van der Waals surface area contributed by atoms with Gasteiger partial charge in [0.1, 0.15) is 6.07 Å². The van der Waals surface area contributed by atoms with Gasteiger partial charge in [0.05, 0.1) is 16.9 Å². The van der Waals surface area contributed by atoms with Gasteiger partial charge in [-0.25, -0.2) is 0 Å². The number of pyridine rings is 1. The third-order valence-electron chi connectivity index (χ3n) is 3.16. The molecule has 1 aromatic carbocycles. The van der Waals surface area contributed by atoms with Crippen LogP contribution in [0.4, 0.5) is 11.4 Å². The average molecular weight is 330 g/mol. The van der Waals surface area contributed by atoms with Crippen LogP contribution in [0.1, 0.15) is 28.1 Å². The predicted molar refractivity (Wildman–Crippen MR) is 85.3 cm³/mol. The SMILES string of the molecule is Cc1cc(Nc2cc(C)c(Br)c(C)c2)c(C#N)c(C)n1. The normalized spacial score (nSPS) is 10.2. The summed E-state index contributed by atoms with van der Waals surface area (Å²) in [6.07, 6.45) is 0. The molecule has 0 radical (unpaired) electrons. The van der Waals surface area contributed by atoms with Gasteiger partial charge in [-0.15, -0.1) is 0 Å². The van der Waals surface area contributed by atoms with Crippen molar-refractivity contribution in [3.63, 3.8) is 0 Å². The van der Waals surface area contributed by atoms with Crippen LogP contribution in [0.5, 0.6) is 0 Å². The Balaban J connectivity index is 2.48. The molecule has 0 saturated carbocycles. The Morgan fingerprint density at radius 3 is 2.25 bits per heavy atom. The zero-order chi connectivity index (χ0) is 14.9. The zero-order valence-electron chi connectivity index (χ0n) is 12.0. The molecule has 0 saturated heterocycles. The molecule has 1 N–H and O–H groups in total. The predicted octanol–water partition coefficient (Wildman–Crippen LogP) is 4.69. The molecule has 0 fully saturated rings. The number of nitrogens with zero attached hydrogens (tertiary/aromatic N) is 2. The lowest BCUT2D eigenvalue weighted by atomic mass is 10.1. The molecule has 1 aromatic heterocycles. The molecule has 4 heteroatoms. The van der Waals surface area contributed by atoms with Crippen molar-refractivity contribution < 1.29 is 0 Å². The van der Waals surface area contributed by atoms with Gasteiger partial charge in [0.2, 0.25) is 0 Å². The summed E-state index contributed by atoms with van der Waals surface area (Å²) in [6, 6.07) is 8.24. The molecule has 0 amide bonds. The Bertz CT molecular complexity index is 691. The van der Waals surface area contributed by atoms with Crippen molar-refractivity contribution in [2.24, 2.45) is 0 Å². The molecule has 0 spiro atoms. The molecule has 3 nitrogen and oxygen atoms in total. The molecule has 0 aliphatic heterocycles. The lowest BCUT2D eigenvalue weighted by Gasteiger charge is -2.13. The van der Waals surface area contributed by atoms with Crippen LogP contribution < -0.4 is 5.32 Å². The second-order valence-electron chi connectivity index (χ2n) is 4.93. The first kappa shape index (κ1) is 14.5. The molecule has 2 aromatic rings. The summed E-state index contributed by atoms with van der Waals surface area (Å²) in [4.78, 5) is 4.33. The number of nitriles is 1. The fraction of sp³-hybridized carbons (Fsp3) is 0.250. The maximum Gasteiger partial charge on any atom is 0.103 e. The second-order valence-corrected chi connectivity index (χ2v) is 5.73. The molecule has 0 aliphatic carbocycles. The van der Waals surface area contributed by atoms with Gasteiger partial charge < -0.3 is 5.32 Å². The largest absolute Gasteiger partial charge is 0.354 e. The van der Waals surface area contributed by atoms with E-state index in [1.54, 1.807) is 0 Å². The number of rotatable bonds is 2. The van der Waals surface area contributed by atoms with E-state index in [2.05, 4.69) is 58.3 Å². The highest BCUT2D eigenvalue weighted by molar-refractivity contribution is 9.10. The number of hydrogen-bond acceptors (Lipinski definition) is 3. The van der Waals surface area contributed by atoms with E-state index in [9.17, 15) is 5.26 Å². The van der Waals surface area contributed by atoms with Crippen molar-refractivity contribution in [1.82, 2.24) is 4.98 Å². The molecule has 0 bridgehead atoms. The van der Waals surface area contributed by atoms with E-state index in [4.69, 9.17) is 0 Å². The standard InChI is InChI=1S/C16H16BrN3/c1-9-5-13(6-10(2)16(9)17)20-15-7-11(3)19-12(4)14(15)8-18/h5-7H,1-4H3,(H,19,20). The summed E-state index contributed by atoms with van der Waals surface area (Å²) in [5.74, 6) is 0. The third-order valence-corrected chi connectivity index (χ3v) is 4.41. The van der Waals surface area contributed by atoms with Crippen LogP contribution in [0.25, 0.3) is 0 Å². The van der Waals surface area contributed by atoms with Crippen LogP contribution in [0.2, 0.25) is 0 Å². The van der Waals surface area contributed by atoms with Gasteiger partial charge in [0.15, 0.2) is 0 Å². The van der Waals surface area contributed by atoms with E-state index < -0.39 is 0 Å². The van der Waals surface area contributed by atoms with Crippen LogP contribution in [0.15, 0.2) is 22.7 Å². The van der Waals surface area contributed by atoms with E-state index in [0.29, 0.717) is 5.56 Å². The van der Waals surface area contributed by atoms with Gasteiger partial charge in [-0.1, -0.05) is 15.9 Å². The molecule has 0 aliphatic rings. The molecule has 2 rings (SSSR count). The van der Waals surface area contributed by atoms with Crippen LogP contribution in [-0.4, -0.2) is 4.98 Å². The van der Waals surface area contributed by atoms with E-state index in [1.165, 1.54) is 0 Å². The average Bonchev–Trinajstić information content (AvgIpc) is 2.35. The number of hydrogen-bond donors (Lipinski definition) is 1. The van der Waals surface area contributed by atoms with Crippen molar-refractivity contribution in [2.45, 2.75) is 27.7 Å². The van der Waals surface area contributed by atoms with Gasteiger partial charge in [-0.3, -0.25) is 4.98 Å². The summed E-state index contributed by atoms with van der Waals surface area (Å²) >= 11 is 3.56. The van der Waals surface area contributed by atoms with Crippen LogP contribution in [-0.2, 0) is 0 Å². The fourth-order valence-electron chi connectivity index (χ4n) is 2.24. The summed E-state index contributed by atoms with van der Waals surface area (Å²) in [5, 5.41) is 12.6. The summed E-state index contributed by atoms with van der Waals surface area (Å²) in [6.45, 7) is 7.89. The van der Waals surface area contributed by atoms with Gasteiger partial charge in [0.25, 0.3) is 0 Å². The zero-order valence-corrected chi connectivity index (χ0v) is 13.6. The number of benzene rings is 1. The van der Waals surface area contributed by atoms with Gasteiger partial charge in [-0.05, 0) is 57.0 Å². The smallest absolute Gasteiger partial charge is 0.103 e. The highest BCUT2D eigenvalue weighted by Crippen LogP contribution is 2.28. The van der Waals surface area contributed by atoms with Crippen LogP contribution in [0, 0.1) is 39.0 Å². The highest BCUT2D eigenvalue weighted by Gasteiger charge is 2.09. The molecule has 0 unspecified atom stereocenters. The first-order chi connectivity index (χ1) is 9.42. The first-order valence-electron chi connectivity index (χ1n) is 6.34. The van der Waals surface area contributed by atoms with Crippen molar-refractivity contribution >= 4 is 27.3 Å². The van der Waals surface area contributed by atoms with Crippen molar-refractivity contribution in [1.29, 1.82) is 5.26 Å². The highest BCUT2D eigenvalue weighted by atomic mass is 79.9.